The van der Waals surface area contributed by atoms with Gasteiger partial charge in [-0.25, -0.2) is 9.78 Å². The first-order valence-corrected chi connectivity index (χ1v) is 8.19. The summed E-state index contributed by atoms with van der Waals surface area (Å²) in [7, 11) is 0. The van der Waals surface area contributed by atoms with Crippen LogP contribution in [0, 0.1) is 5.92 Å². The van der Waals surface area contributed by atoms with E-state index in [-0.39, 0.29) is 24.1 Å². The molecule has 3 rings (SSSR count). The number of hydrogen-bond acceptors (Lipinski definition) is 6. The monoisotopic (exact) mass is 332 g/mol. The van der Waals surface area contributed by atoms with Gasteiger partial charge in [0.2, 0.25) is 5.91 Å². The predicted molar refractivity (Wildman–Crippen MR) is 85.8 cm³/mol. The van der Waals surface area contributed by atoms with Crippen molar-refractivity contribution in [3.05, 3.63) is 40.9 Å². The lowest BCUT2D eigenvalue weighted by Crippen LogP contribution is -2.32. The topological polar surface area (TPSA) is 77.5 Å². The number of thiazole rings is 1. The predicted octanol–water partition coefficient (Wildman–Crippen LogP) is 2.51. The zero-order valence-corrected chi connectivity index (χ0v) is 13.4. The highest BCUT2D eigenvalue weighted by Crippen LogP contribution is 2.27. The summed E-state index contributed by atoms with van der Waals surface area (Å²) in [5.41, 5.74) is 1.22. The van der Waals surface area contributed by atoms with Gasteiger partial charge < -0.3 is 14.8 Å². The smallest absolute Gasteiger partial charge is 0.357 e. The Kier molecular flexibility index (Phi) is 4.57. The third-order valence-electron chi connectivity index (χ3n) is 3.47. The molecule has 0 saturated carbocycles. The molecule has 0 saturated heterocycles. The highest BCUT2D eigenvalue weighted by Gasteiger charge is 2.26. The first-order chi connectivity index (χ1) is 11.2. The van der Waals surface area contributed by atoms with E-state index in [1.807, 2.05) is 24.3 Å². The molecule has 1 N–H and O–H groups in total. The second-order valence-electron chi connectivity index (χ2n) is 5.07. The van der Waals surface area contributed by atoms with Crippen LogP contribution in [0.25, 0.3) is 0 Å². The van der Waals surface area contributed by atoms with Gasteiger partial charge in [-0.05, 0) is 25.0 Å². The molecule has 7 heteroatoms. The molecule has 23 heavy (non-hydrogen) atoms. The van der Waals surface area contributed by atoms with Crippen molar-refractivity contribution in [1.29, 1.82) is 0 Å². The molecular formula is C16H16N2O4S. The van der Waals surface area contributed by atoms with Gasteiger partial charge in [-0.1, -0.05) is 18.2 Å². The van der Waals surface area contributed by atoms with Crippen LogP contribution in [0.2, 0.25) is 0 Å². The van der Waals surface area contributed by atoms with Crippen LogP contribution in [0.5, 0.6) is 5.75 Å². The van der Waals surface area contributed by atoms with E-state index < -0.39 is 5.97 Å². The lowest BCUT2D eigenvalue weighted by molar-refractivity contribution is -0.121. The van der Waals surface area contributed by atoms with Crippen molar-refractivity contribution in [2.45, 2.75) is 13.3 Å². The minimum absolute atomic E-state index is 0.163. The summed E-state index contributed by atoms with van der Waals surface area (Å²) < 4.78 is 10.5. The van der Waals surface area contributed by atoms with Gasteiger partial charge in [0.1, 0.15) is 12.4 Å². The summed E-state index contributed by atoms with van der Waals surface area (Å²) in [4.78, 5) is 28.0. The van der Waals surface area contributed by atoms with E-state index in [1.165, 1.54) is 11.3 Å². The highest BCUT2D eigenvalue weighted by molar-refractivity contribution is 7.14. The maximum Gasteiger partial charge on any atom is 0.357 e. The van der Waals surface area contributed by atoms with Gasteiger partial charge in [0.25, 0.3) is 0 Å². The summed E-state index contributed by atoms with van der Waals surface area (Å²) >= 11 is 1.20. The van der Waals surface area contributed by atoms with Crippen LogP contribution in [0.1, 0.15) is 23.0 Å². The minimum atomic E-state index is -0.487. The van der Waals surface area contributed by atoms with Crippen LogP contribution in [-0.4, -0.2) is 30.1 Å². The number of rotatable bonds is 4. The number of anilines is 1. The largest absolute Gasteiger partial charge is 0.492 e. The van der Waals surface area contributed by atoms with Crippen LogP contribution in [-0.2, 0) is 16.0 Å². The fourth-order valence-corrected chi connectivity index (χ4v) is 3.02. The van der Waals surface area contributed by atoms with E-state index in [2.05, 4.69) is 10.3 Å². The van der Waals surface area contributed by atoms with Crippen LogP contribution >= 0.6 is 11.3 Å². The first kappa shape index (κ1) is 15.5. The van der Waals surface area contributed by atoms with E-state index in [0.717, 1.165) is 11.3 Å². The maximum atomic E-state index is 12.3. The lowest BCUT2D eigenvalue weighted by Gasteiger charge is -2.24. The first-order valence-electron chi connectivity index (χ1n) is 7.31. The number of aromatic nitrogens is 1. The van der Waals surface area contributed by atoms with Gasteiger partial charge in [-0.3, -0.25) is 4.79 Å². The lowest BCUT2D eigenvalue weighted by atomic mass is 9.96. The molecule has 120 valence electrons. The number of nitrogens with zero attached hydrogens (tertiary/aromatic N) is 1. The van der Waals surface area contributed by atoms with Crippen LogP contribution in [0.3, 0.4) is 0 Å². The maximum absolute atomic E-state index is 12.3. The van der Waals surface area contributed by atoms with Gasteiger partial charge in [-0.15, -0.1) is 11.3 Å². The SMILES string of the molecule is CCOC(=O)c1csc(NC(=O)C2COc3ccccc3C2)n1. The Balaban J connectivity index is 1.63. The average Bonchev–Trinajstić information content (AvgIpc) is 3.03. The van der Waals surface area contributed by atoms with Gasteiger partial charge in [-0.2, -0.15) is 0 Å². The van der Waals surface area contributed by atoms with Gasteiger partial charge in [0.15, 0.2) is 10.8 Å². The van der Waals surface area contributed by atoms with Crippen molar-refractivity contribution >= 4 is 28.3 Å². The molecule has 1 atom stereocenters. The fourth-order valence-electron chi connectivity index (χ4n) is 2.33. The van der Waals surface area contributed by atoms with Gasteiger partial charge in [0, 0.05) is 5.38 Å². The van der Waals surface area contributed by atoms with Crippen molar-refractivity contribution in [3.63, 3.8) is 0 Å². The van der Waals surface area contributed by atoms with Gasteiger partial charge in [0.05, 0.1) is 12.5 Å². The van der Waals surface area contributed by atoms with E-state index in [0.29, 0.717) is 18.2 Å². The molecule has 6 nitrogen and oxygen atoms in total. The number of carbonyl (C=O) groups is 2. The molecule has 1 aliphatic rings. The number of ether oxygens (including phenoxy) is 2. The number of benzene rings is 1. The molecule has 1 aliphatic heterocycles. The molecule has 2 aromatic rings. The van der Waals surface area contributed by atoms with Crippen molar-refractivity contribution < 1.29 is 19.1 Å². The summed E-state index contributed by atoms with van der Waals surface area (Å²) in [5.74, 6) is -0.0984. The molecule has 1 amide bonds. The van der Waals surface area contributed by atoms with Gasteiger partial charge >= 0.3 is 5.97 Å². The number of nitrogens with one attached hydrogen (secondary N) is 1. The molecule has 1 aromatic heterocycles. The Labute approximate surface area is 137 Å². The second-order valence-corrected chi connectivity index (χ2v) is 5.93. The molecule has 0 spiro atoms. The van der Waals surface area contributed by atoms with Crippen molar-refractivity contribution in [3.8, 4) is 5.75 Å². The summed E-state index contributed by atoms with van der Waals surface area (Å²) in [6.45, 7) is 2.35. The number of fused-ring (bicyclic) bond motifs is 1. The molecule has 1 unspecified atom stereocenters. The summed E-state index contributed by atoms with van der Waals surface area (Å²) in [5, 5.41) is 4.70. The van der Waals surface area contributed by atoms with Crippen molar-refractivity contribution in [2.24, 2.45) is 5.92 Å². The van der Waals surface area contributed by atoms with Crippen molar-refractivity contribution in [2.75, 3.05) is 18.5 Å². The zero-order chi connectivity index (χ0) is 16.2. The Hall–Kier alpha value is -2.41. The summed E-state index contributed by atoms with van der Waals surface area (Å²) in [6, 6.07) is 7.69. The molecule has 0 bridgehead atoms. The second kappa shape index (κ2) is 6.78. The Morgan fingerprint density at radius 3 is 3.09 bits per heavy atom. The number of hydrogen-bond donors (Lipinski definition) is 1. The molecule has 0 aliphatic carbocycles. The molecule has 0 fully saturated rings. The van der Waals surface area contributed by atoms with E-state index in [4.69, 9.17) is 9.47 Å². The fraction of sp³-hybridized carbons (Fsp3) is 0.312. The molecule has 2 heterocycles. The minimum Gasteiger partial charge on any atom is -0.492 e. The Morgan fingerprint density at radius 1 is 1.43 bits per heavy atom. The number of esters is 1. The number of amides is 1. The Bertz CT molecular complexity index is 728. The summed E-state index contributed by atoms with van der Waals surface area (Å²) in [6.07, 6.45) is 0.623. The third kappa shape index (κ3) is 3.50. The Morgan fingerprint density at radius 2 is 2.26 bits per heavy atom. The van der Waals surface area contributed by atoms with E-state index in [1.54, 1.807) is 12.3 Å². The van der Waals surface area contributed by atoms with Crippen LogP contribution in [0.4, 0.5) is 5.13 Å². The zero-order valence-electron chi connectivity index (χ0n) is 12.6. The van der Waals surface area contributed by atoms with E-state index >= 15 is 0 Å². The van der Waals surface area contributed by atoms with Crippen LogP contribution in [0.15, 0.2) is 29.6 Å². The van der Waals surface area contributed by atoms with Crippen molar-refractivity contribution in [1.82, 2.24) is 4.98 Å². The quantitative estimate of drug-likeness (QED) is 0.871. The standard InChI is InChI=1S/C16H16N2O4S/c1-2-21-15(20)12-9-23-16(17-12)18-14(19)11-7-10-5-3-4-6-13(10)22-8-11/h3-6,9,11H,2,7-8H2,1H3,(H,17,18,19). The third-order valence-corrected chi connectivity index (χ3v) is 4.23. The molecule has 1 aromatic carbocycles. The molecular weight excluding hydrogens is 316 g/mol. The van der Waals surface area contributed by atoms with Crippen LogP contribution < -0.4 is 10.1 Å². The number of para-hydroxylation sites is 1. The number of carbonyl (C=O) groups excluding carboxylic acids is 2. The average molecular weight is 332 g/mol. The normalized spacial score (nSPS) is 16.1. The molecule has 0 radical (unpaired) electrons. The highest BCUT2D eigenvalue weighted by atomic mass is 32.1. The van der Waals surface area contributed by atoms with E-state index in [9.17, 15) is 9.59 Å².